The minimum Gasteiger partial charge on any atom is -0.503 e. The molecule has 0 unspecified atom stereocenters. The number of pyridine rings is 1. The molecule has 0 atom stereocenters. The van der Waals surface area contributed by atoms with Gasteiger partial charge in [-0.3, -0.25) is 4.68 Å². The van der Waals surface area contributed by atoms with Gasteiger partial charge < -0.3 is 15.2 Å². The molecule has 3 heterocycles. The molecule has 30 heavy (non-hydrogen) atoms. The van der Waals surface area contributed by atoms with Gasteiger partial charge in [0, 0.05) is 50.5 Å². The Balaban J connectivity index is 0.000000448. The molecule has 0 bridgehead atoms. The van der Waals surface area contributed by atoms with Crippen molar-refractivity contribution >= 4 is 16.7 Å². The molecule has 4 rings (SSSR count). The number of anilines is 1. The number of benzene rings is 1. The molecule has 1 aliphatic heterocycles. The van der Waals surface area contributed by atoms with Crippen molar-refractivity contribution in [3.05, 3.63) is 35.5 Å². The molecule has 162 valence electrons. The number of aromatic hydroxyl groups is 1. The molecule has 1 aromatic carbocycles. The first-order valence-corrected chi connectivity index (χ1v) is 9.02. The Kier molecular flexibility index (Phi) is 6.11. The Morgan fingerprint density at radius 1 is 1.13 bits per heavy atom. The van der Waals surface area contributed by atoms with Crippen LogP contribution in [0.4, 0.5) is 27.8 Å². The number of ether oxygens (including phenoxy) is 1. The van der Waals surface area contributed by atoms with Crippen LogP contribution in [-0.4, -0.2) is 40.1 Å². The summed E-state index contributed by atoms with van der Waals surface area (Å²) >= 11 is 0. The summed E-state index contributed by atoms with van der Waals surface area (Å²) in [7, 11) is 3.13. The Labute approximate surface area is 168 Å². The van der Waals surface area contributed by atoms with Crippen LogP contribution in [0.1, 0.15) is 18.4 Å². The topological polar surface area (TPSA) is 72.2 Å². The molecular weight excluding hydrogens is 411 g/mol. The van der Waals surface area contributed by atoms with Crippen LogP contribution >= 0.6 is 0 Å². The van der Waals surface area contributed by atoms with Crippen LogP contribution in [0.3, 0.4) is 0 Å². The number of halogens is 5. The van der Waals surface area contributed by atoms with Crippen LogP contribution in [0.5, 0.6) is 5.75 Å². The number of phenolic OH excluding ortho intramolecular Hbond substituents is 1. The van der Waals surface area contributed by atoms with Crippen molar-refractivity contribution in [2.45, 2.75) is 19.0 Å². The highest BCUT2D eigenvalue weighted by molar-refractivity contribution is 5.94. The normalized spacial score (nSPS) is 14.0. The fraction of sp³-hybridized carbons (Fsp3) is 0.368. The number of nitrogens with one attached hydrogen (secondary N) is 1. The molecule has 0 saturated carbocycles. The number of alkyl halides is 3. The SMILES string of the molecule is C1CCOC1.CNc1cc2c(cn1)c(-c1cc(C(F)(F)F)c(F)c(O)c1F)nn2C. The zero-order valence-electron chi connectivity index (χ0n) is 16.1. The van der Waals surface area contributed by atoms with Gasteiger partial charge in [-0.1, -0.05) is 0 Å². The molecule has 2 aromatic heterocycles. The maximum absolute atomic E-state index is 14.3. The molecule has 1 fully saturated rings. The van der Waals surface area contributed by atoms with Crippen LogP contribution in [0.2, 0.25) is 0 Å². The van der Waals surface area contributed by atoms with Crippen molar-refractivity contribution in [1.29, 1.82) is 0 Å². The van der Waals surface area contributed by atoms with Crippen molar-refractivity contribution in [1.82, 2.24) is 14.8 Å². The fourth-order valence-electron chi connectivity index (χ4n) is 3.00. The van der Waals surface area contributed by atoms with E-state index in [1.165, 1.54) is 30.8 Å². The Morgan fingerprint density at radius 2 is 1.80 bits per heavy atom. The van der Waals surface area contributed by atoms with Crippen molar-refractivity contribution in [3.63, 3.8) is 0 Å². The van der Waals surface area contributed by atoms with E-state index in [2.05, 4.69) is 15.4 Å². The number of aromatic nitrogens is 3. The van der Waals surface area contributed by atoms with Gasteiger partial charge in [-0.2, -0.15) is 18.3 Å². The van der Waals surface area contributed by atoms with Crippen molar-refractivity contribution in [3.8, 4) is 17.0 Å². The maximum Gasteiger partial charge on any atom is 0.419 e. The van der Waals surface area contributed by atoms with Gasteiger partial charge in [-0.15, -0.1) is 0 Å². The van der Waals surface area contributed by atoms with Gasteiger partial charge in [0.2, 0.25) is 0 Å². The minimum absolute atomic E-state index is 0.189. The first-order valence-electron chi connectivity index (χ1n) is 9.02. The lowest BCUT2D eigenvalue weighted by atomic mass is 10.0. The molecule has 1 saturated heterocycles. The number of aryl methyl sites for hydroxylation is 1. The Hall–Kier alpha value is -2.95. The van der Waals surface area contributed by atoms with E-state index in [-0.39, 0.29) is 17.1 Å². The largest absolute Gasteiger partial charge is 0.503 e. The molecule has 11 heteroatoms. The smallest absolute Gasteiger partial charge is 0.419 e. The van der Waals surface area contributed by atoms with Crippen LogP contribution in [-0.2, 0) is 18.0 Å². The average molecular weight is 430 g/mol. The third-order valence-corrected chi connectivity index (χ3v) is 4.56. The van der Waals surface area contributed by atoms with Crippen LogP contribution in [0, 0.1) is 11.6 Å². The summed E-state index contributed by atoms with van der Waals surface area (Å²) in [5.74, 6) is -4.82. The monoisotopic (exact) mass is 430 g/mol. The number of rotatable bonds is 2. The number of fused-ring (bicyclic) bond motifs is 1. The zero-order chi connectivity index (χ0) is 22.1. The first kappa shape index (κ1) is 21.8. The lowest BCUT2D eigenvalue weighted by Gasteiger charge is -2.12. The number of hydrogen-bond acceptors (Lipinski definition) is 5. The molecular formula is C19H19F5N4O2. The lowest BCUT2D eigenvalue weighted by Crippen LogP contribution is -2.10. The molecule has 0 radical (unpaired) electrons. The number of phenols is 1. The molecule has 3 aromatic rings. The highest BCUT2D eigenvalue weighted by atomic mass is 19.4. The van der Waals surface area contributed by atoms with Gasteiger partial charge in [0.1, 0.15) is 11.5 Å². The van der Waals surface area contributed by atoms with Gasteiger partial charge >= 0.3 is 6.18 Å². The van der Waals surface area contributed by atoms with E-state index < -0.39 is 34.7 Å². The van der Waals surface area contributed by atoms with Gasteiger partial charge in [0.05, 0.1) is 11.1 Å². The summed E-state index contributed by atoms with van der Waals surface area (Å²) in [6, 6.07) is 1.86. The van der Waals surface area contributed by atoms with Crippen molar-refractivity contribution < 1.29 is 31.8 Å². The van der Waals surface area contributed by atoms with E-state index in [4.69, 9.17) is 4.74 Å². The van der Waals surface area contributed by atoms with Gasteiger partial charge in [0.15, 0.2) is 17.4 Å². The Bertz CT molecular complexity index is 1050. The number of nitrogens with zero attached hydrogens (tertiary/aromatic N) is 3. The van der Waals surface area contributed by atoms with Gasteiger partial charge in [-0.05, 0) is 18.9 Å². The highest BCUT2D eigenvalue weighted by Crippen LogP contribution is 2.41. The third kappa shape index (κ3) is 4.16. The second-order valence-electron chi connectivity index (χ2n) is 6.57. The predicted octanol–water partition coefficient (Wildman–Crippen LogP) is 4.48. The summed E-state index contributed by atoms with van der Waals surface area (Å²) in [6.45, 7) is 2.00. The van der Waals surface area contributed by atoms with Crippen LogP contribution < -0.4 is 5.32 Å². The van der Waals surface area contributed by atoms with Gasteiger partial charge in [-0.25, -0.2) is 13.8 Å². The van der Waals surface area contributed by atoms with Crippen LogP contribution in [0.25, 0.3) is 22.2 Å². The lowest BCUT2D eigenvalue weighted by molar-refractivity contribution is -0.140. The first-order chi connectivity index (χ1) is 14.1. The quantitative estimate of drug-likeness (QED) is 0.587. The van der Waals surface area contributed by atoms with Crippen molar-refractivity contribution in [2.24, 2.45) is 7.05 Å². The molecule has 6 nitrogen and oxygen atoms in total. The summed E-state index contributed by atoms with van der Waals surface area (Å²) in [4.78, 5) is 4.02. The van der Waals surface area contributed by atoms with E-state index in [9.17, 15) is 27.1 Å². The zero-order valence-corrected chi connectivity index (χ0v) is 16.1. The van der Waals surface area contributed by atoms with Gasteiger partial charge in [0.25, 0.3) is 0 Å². The summed E-state index contributed by atoms with van der Waals surface area (Å²) in [5.41, 5.74) is -2.17. The molecule has 0 spiro atoms. The van der Waals surface area contributed by atoms with E-state index in [0.717, 1.165) is 13.2 Å². The third-order valence-electron chi connectivity index (χ3n) is 4.56. The predicted molar refractivity (Wildman–Crippen MR) is 100 cm³/mol. The van der Waals surface area contributed by atoms with E-state index in [1.54, 1.807) is 13.1 Å². The van der Waals surface area contributed by atoms with E-state index in [0.29, 0.717) is 11.3 Å². The maximum atomic E-state index is 14.3. The molecule has 0 amide bonds. The molecule has 1 aliphatic rings. The van der Waals surface area contributed by atoms with Crippen molar-refractivity contribution in [2.75, 3.05) is 25.6 Å². The minimum atomic E-state index is -5.11. The summed E-state index contributed by atoms with van der Waals surface area (Å²) < 4.78 is 73.0. The number of hydrogen-bond donors (Lipinski definition) is 2. The van der Waals surface area contributed by atoms with E-state index in [1.807, 2.05) is 0 Å². The molecule has 0 aliphatic carbocycles. The second kappa shape index (κ2) is 8.42. The molecule has 2 N–H and O–H groups in total. The second-order valence-corrected chi connectivity index (χ2v) is 6.57. The standard InChI is InChI=1S/C15H11F5N4O.C4H8O/c1-21-10-4-9-7(5-22-10)13(23-24(9)2)6-3-8(15(18,19)20)12(17)14(25)11(6)16;1-2-4-5-3-1/h3-5,25H,1-2H3,(H,21,22);1-4H2. The average Bonchev–Trinajstić information content (AvgIpc) is 3.38. The summed E-state index contributed by atoms with van der Waals surface area (Å²) in [5, 5.41) is 16.5. The van der Waals surface area contributed by atoms with E-state index >= 15 is 0 Å². The Morgan fingerprint density at radius 3 is 2.33 bits per heavy atom. The highest BCUT2D eigenvalue weighted by Gasteiger charge is 2.38. The van der Waals surface area contributed by atoms with Crippen LogP contribution in [0.15, 0.2) is 18.3 Å². The fourth-order valence-corrected chi connectivity index (χ4v) is 3.00. The summed E-state index contributed by atoms with van der Waals surface area (Å²) in [6.07, 6.45) is -1.25.